The van der Waals surface area contributed by atoms with Crippen LogP contribution in [-0.2, 0) is 6.42 Å². The van der Waals surface area contributed by atoms with Gasteiger partial charge in [-0.2, -0.15) is 0 Å². The minimum absolute atomic E-state index is 0.0690. The summed E-state index contributed by atoms with van der Waals surface area (Å²) in [6, 6.07) is 8.53. The van der Waals surface area contributed by atoms with Gasteiger partial charge in [0.2, 0.25) is 5.89 Å². The Balaban J connectivity index is 1.72. The van der Waals surface area contributed by atoms with Crippen LogP contribution in [0.1, 0.15) is 42.0 Å². The number of aryl methyl sites for hydroxylation is 2. The Morgan fingerprint density at radius 1 is 1.19 bits per heavy atom. The Labute approximate surface area is 179 Å². The zero-order valence-electron chi connectivity index (χ0n) is 17.6. The zero-order chi connectivity index (χ0) is 22.4. The standard InChI is InChI=1S/C23H24F2N2O4/c1-14(2)31-19-9-6-16(11-20(19)29-13-21(24)25)23-27-17(12-30-23)7-8-18(28)22-15(3)5-4-10-26-22/h4-6,9-12,14,21H,7-8,13H2,1-3H3. The average Bonchev–Trinajstić information content (AvgIpc) is 3.20. The molecule has 0 unspecified atom stereocenters. The topological polar surface area (TPSA) is 74.5 Å². The minimum atomic E-state index is -2.61. The van der Waals surface area contributed by atoms with Crippen LogP contribution in [0.5, 0.6) is 11.5 Å². The predicted octanol–water partition coefficient (Wildman–Crippen LogP) is 5.29. The van der Waals surface area contributed by atoms with Crippen LogP contribution >= 0.6 is 0 Å². The highest BCUT2D eigenvalue weighted by Crippen LogP contribution is 2.33. The molecule has 0 aliphatic carbocycles. The molecule has 0 aliphatic heterocycles. The van der Waals surface area contributed by atoms with Crippen LogP contribution in [0.3, 0.4) is 0 Å². The SMILES string of the molecule is Cc1cccnc1C(=O)CCc1coc(-c2ccc(OC(C)C)c(OCC(F)F)c2)n1. The van der Waals surface area contributed by atoms with Crippen molar-refractivity contribution in [3.8, 4) is 23.0 Å². The van der Waals surface area contributed by atoms with E-state index in [2.05, 4.69) is 9.97 Å². The first-order chi connectivity index (χ1) is 14.8. The maximum absolute atomic E-state index is 12.6. The monoisotopic (exact) mass is 430 g/mol. The minimum Gasteiger partial charge on any atom is -0.487 e. The molecular formula is C23H24F2N2O4. The third-order valence-electron chi connectivity index (χ3n) is 4.35. The fourth-order valence-corrected chi connectivity index (χ4v) is 2.95. The molecule has 0 aliphatic rings. The molecule has 0 saturated carbocycles. The number of ether oxygens (including phenoxy) is 2. The summed E-state index contributed by atoms with van der Waals surface area (Å²) in [5, 5.41) is 0. The number of rotatable bonds is 10. The highest BCUT2D eigenvalue weighted by atomic mass is 19.3. The van der Waals surface area contributed by atoms with Gasteiger partial charge >= 0.3 is 0 Å². The maximum Gasteiger partial charge on any atom is 0.272 e. The highest BCUT2D eigenvalue weighted by Gasteiger charge is 2.16. The van der Waals surface area contributed by atoms with Crippen molar-refractivity contribution in [2.24, 2.45) is 0 Å². The number of ketones is 1. The van der Waals surface area contributed by atoms with E-state index in [0.29, 0.717) is 35.0 Å². The number of oxazole rings is 1. The van der Waals surface area contributed by atoms with E-state index < -0.39 is 13.0 Å². The van der Waals surface area contributed by atoms with E-state index in [0.717, 1.165) is 5.56 Å². The number of Topliss-reactive ketones (excluding diaryl/α,β-unsaturated/α-hetero) is 1. The van der Waals surface area contributed by atoms with Gasteiger partial charge in [-0.1, -0.05) is 6.07 Å². The van der Waals surface area contributed by atoms with Crippen LogP contribution in [0.2, 0.25) is 0 Å². The van der Waals surface area contributed by atoms with Crippen molar-refractivity contribution in [1.82, 2.24) is 9.97 Å². The second-order valence-corrected chi connectivity index (χ2v) is 7.27. The lowest BCUT2D eigenvalue weighted by molar-refractivity contribution is 0.0791. The number of hydrogen-bond donors (Lipinski definition) is 0. The summed E-state index contributed by atoms with van der Waals surface area (Å²) in [7, 11) is 0. The average molecular weight is 430 g/mol. The van der Waals surface area contributed by atoms with Crippen molar-refractivity contribution >= 4 is 5.78 Å². The highest BCUT2D eigenvalue weighted by molar-refractivity contribution is 5.95. The fraction of sp³-hybridized carbons (Fsp3) is 0.348. The fourth-order valence-electron chi connectivity index (χ4n) is 2.95. The number of hydrogen-bond acceptors (Lipinski definition) is 6. The number of benzene rings is 1. The smallest absolute Gasteiger partial charge is 0.272 e. The second kappa shape index (κ2) is 10.1. The van der Waals surface area contributed by atoms with Crippen molar-refractivity contribution < 1.29 is 27.5 Å². The first-order valence-corrected chi connectivity index (χ1v) is 9.94. The van der Waals surface area contributed by atoms with Crippen molar-refractivity contribution in [3.05, 3.63) is 59.7 Å². The molecule has 3 aromatic rings. The molecule has 0 fully saturated rings. The van der Waals surface area contributed by atoms with Crippen LogP contribution in [-0.4, -0.2) is 34.9 Å². The van der Waals surface area contributed by atoms with Gasteiger partial charge in [-0.05, 0) is 50.6 Å². The largest absolute Gasteiger partial charge is 0.487 e. The summed E-state index contributed by atoms with van der Waals surface area (Å²) in [4.78, 5) is 21.0. The zero-order valence-corrected chi connectivity index (χ0v) is 17.6. The molecule has 3 rings (SSSR count). The van der Waals surface area contributed by atoms with Crippen molar-refractivity contribution in [2.45, 2.75) is 46.1 Å². The number of nitrogens with zero attached hydrogens (tertiary/aromatic N) is 2. The summed E-state index contributed by atoms with van der Waals surface area (Å²) >= 11 is 0. The van der Waals surface area contributed by atoms with Gasteiger partial charge in [-0.15, -0.1) is 0 Å². The molecular weight excluding hydrogens is 406 g/mol. The van der Waals surface area contributed by atoms with E-state index in [9.17, 15) is 13.6 Å². The number of alkyl halides is 2. The first-order valence-electron chi connectivity index (χ1n) is 9.94. The molecule has 0 bridgehead atoms. The number of pyridine rings is 1. The predicted molar refractivity (Wildman–Crippen MR) is 111 cm³/mol. The summed E-state index contributed by atoms with van der Waals surface area (Å²) in [5.74, 6) is 0.782. The normalized spacial score (nSPS) is 11.2. The van der Waals surface area contributed by atoms with Gasteiger partial charge in [0.1, 0.15) is 18.6 Å². The van der Waals surface area contributed by atoms with Gasteiger partial charge < -0.3 is 13.9 Å². The van der Waals surface area contributed by atoms with Gasteiger partial charge in [0.25, 0.3) is 6.43 Å². The summed E-state index contributed by atoms with van der Waals surface area (Å²) < 4.78 is 41.6. The van der Waals surface area contributed by atoms with Crippen LogP contribution < -0.4 is 9.47 Å². The Morgan fingerprint density at radius 3 is 2.71 bits per heavy atom. The lowest BCUT2D eigenvalue weighted by atomic mass is 10.1. The maximum atomic E-state index is 12.6. The Hall–Kier alpha value is -3.29. The molecule has 0 N–H and O–H groups in total. The Morgan fingerprint density at radius 2 is 2.00 bits per heavy atom. The van der Waals surface area contributed by atoms with E-state index in [1.807, 2.05) is 26.8 Å². The van der Waals surface area contributed by atoms with Crippen molar-refractivity contribution in [1.29, 1.82) is 0 Å². The van der Waals surface area contributed by atoms with Gasteiger partial charge in [0.15, 0.2) is 17.3 Å². The molecule has 0 radical (unpaired) electrons. The molecule has 164 valence electrons. The second-order valence-electron chi connectivity index (χ2n) is 7.27. The van der Waals surface area contributed by atoms with E-state index >= 15 is 0 Å². The molecule has 2 heterocycles. The van der Waals surface area contributed by atoms with Crippen LogP contribution in [0, 0.1) is 6.92 Å². The van der Waals surface area contributed by atoms with Crippen molar-refractivity contribution in [3.63, 3.8) is 0 Å². The molecule has 0 spiro atoms. The van der Waals surface area contributed by atoms with E-state index in [-0.39, 0.29) is 24.1 Å². The van der Waals surface area contributed by atoms with Gasteiger partial charge in [0.05, 0.1) is 11.8 Å². The van der Waals surface area contributed by atoms with Crippen LogP contribution in [0.4, 0.5) is 8.78 Å². The molecule has 2 aromatic heterocycles. The molecule has 0 atom stereocenters. The number of aromatic nitrogens is 2. The number of halogens is 2. The molecule has 6 nitrogen and oxygen atoms in total. The Kier molecular flexibility index (Phi) is 7.33. The Bertz CT molecular complexity index is 1030. The van der Waals surface area contributed by atoms with E-state index in [4.69, 9.17) is 13.9 Å². The number of carbonyl (C=O) groups excluding carboxylic acids is 1. The number of carbonyl (C=O) groups is 1. The molecule has 31 heavy (non-hydrogen) atoms. The first kappa shape index (κ1) is 22.4. The third-order valence-corrected chi connectivity index (χ3v) is 4.35. The molecule has 0 amide bonds. The molecule has 1 aromatic carbocycles. The van der Waals surface area contributed by atoms with Gasteiger partial charge in [-0.25, -0.2) is 13.8 Å². The van der Waals surface area contributed by atoms with E-state index in [1.165, 1.54) is 6.26 Å². The van der Waals surface area contributed by atoms with Gasteiger partial charge in [-0.3, -0.25) is 9.78 Å². The quantitative estimate of drug-likeness (QED) is 0.407. The summed E-state index contributed by atoms with van der Waals surface area (Å²) in [5.41, 5.74) is 2.44. The molecule has 8 heteroatoms. The van der Waals surface area contributed by atoms with Crippen LogP contribution in [0.25, 0.3) is 11.5 Å². The van der Waals surface area contributed by atoms with Crippen molar-refractivity contribution in [2.75, 3.05) is 6.61 Å². The lowest BCUT2D eigenvalue weighted by Gasteiger charge is -2.15. The van der Waals surface area contributed by atoms with Crippen LogP contribution in [0.15, 0.2) is 47.2 Å². The lowest BCUT2D eigenvalue weighted by Crippen LogP contribution is -2.11. The van der Waals surface area contributed by atoms with E-state index in [1.54, 1.807) is 30.5 Å². The van der Waals surface area contributed by atoms with Gasteiger partial charge in [0, 0.05) is 24.6 Å². The third kappa shape index (κ3) is 6.10. The summed E-state index contributed by atoms with van der Waals surface area (Å²) in [6.45, 7) is 4.76. The molecule has 0 saturated heterocycles. The summed E-state index contributed by atoms with van der Waals surface area (Å²) in [6.07, 6.45) is 0.952.